The van der Waals surface area contributed by atoms with E-state index in [1.54, 1.807) is 0 Å². The van der Waals surface area contributed by atoms with Gasteiger partial charge in [0.2, 0.25) is 0 Å². The molecule has 0 rings (SSSR count). The number of hydrogen-bond donors (Lipinski definition) is 1. The van der Waals surface area contributed by atoms with E-state index < -0.39 is 0 Å². The first-order valence-corrected chi connectivity index (χ1v) is 5.61. The summed E-state index contributed by atoms with van der Waals surface area (Å²) in [5.41, 5.74) is 0.397. The van der Waals surface area contributed by atoms with E-state index >= 15 is 0 Å². The van der Waals surface area contributed by atoms with Crippen LogP contribution in [0.4, 0.5) is 0 Å². The van der Waals surface area contributed by atoms with Crippen LogP contribution in [0.15, 0.2) is 0 Å². The topological polar surface area (TPSA) is 20.2 Å². The second kappa shape index (κ2) is 5.64. The van der Waals surface area contributed by atoms with Gasteiger partial charge in [0, 0.05) is 0 Å². The van der Waals surface area contributed by atoms with E-state index in [1.165, 1.54) is 6.42 Å². The highest BCUT2D eigenvalue weighted by atomic mass is 16.3. The lowest BCUT2D eigenvalue weighted by molar-refractivity contribution is 0.0895. The van der Waals surface area contributed by atoms with Crippen molar-refractivity contribution in [1.29, 1.82) is 0 Å². The first-order valence-electron chi connectivity index (χ1n) is 5.61. The molecule has 0 spiro atoms. The molecule has 0 bridgehead atoms. The van der Waals surface area contributed by atoms with E-state index in [-0.39, 0.29) is 6.10 Å². The maximum atomic E-state index is 9.78. The number of aliphatic hydroxyl groups is 1. The zero-order valence-electron chi connectivity index (χ0n) is 9.93. The Balaban J connectivity index is 3.75. The SMILES string of the molecule is CCC(C)C(O)CCC(C)(C)CC. The van der Waals surface area contributed by atoms with E-state index in [4.69, 9.17) is 0 Å². The molecule has 0 amide bonds. The van der Waals surface area contributed by atoms with Gasteiger partial charge < -0.3 is 5.11 Å². The van der Waals surface area contributed by atoms with E-state index in [0.29, 0.717) is 11.3 Å². The van der Waals surface area contributed by atoms with E-state index in [9.17, 15) is 5.11 Å². The molecule has 0 aromatic rings. The van der Waals surface area contributed by atoms with Gasteiger partial charge in [0.25, 0.3) is 0 Å². The molecular formula is C12H26O. The summed E-state index contributed by atoms with van der Waals surface area (Å²) in [5, 5.41) is 9.78. The summed E-state index contributed by atoms with van der Waals surface area (Å²) in [5.74, 6) is 0.452. The van der Waals surface area contributed by atoms with Crippen LogP contribution in [-0.4, -0.2) is 11.2 Å². The lowest BCUT2D eigenvalue weighted by Gasteiger charge is -2.25. The van der Waals surface area contributed by atoms with Crippen LogP contribution >= 0.6 is 0 Å². The van der Waals surface area contributed by atoms with Crippen molar-refractivity contribution < 1.29 is 5.11 Å². The highest BCUT2D eigenvalue weighted by Gasteiger charge is 2.19. The van der Waals surface area contributed by atoms with Gasteiger partial charge >= 0.3 is 0 Å². The molecule has 2 unspecified atom stereocenters. The van der Waals surface area contributed by atoms with Gasteiger partial charge in [-0.25, -0.2) is 0 Å². The summed E-state index contributed by atoms with van der Waals surface area (Å²) >= 11 is 0. The third-order valence-electron chi connectivity index (χ3n) is 3.37. The Labute approximate surface area is 83.5 Å². The largest absolute Gasteiger partial charge is 0.393 e. The van der Waals surface area contributed by atoms with Gasteiger partial charge in [0.1, 0.15) is 0 Å². The molecule has 80 valence electrons. The van der Waals surface area contributed by atoms with Crippen molar-refractivity contribution in [1.82, 2.24) is 0 Å². The van der Waals surface area contributed by atoms with Crippen LogP contribution in [-0.2, 0) is 0 Å². The van der Waals surface area contributed by atoms with Crippen molar-refractivity contribution in [2.24, 2.45) is 11.3 Å². The maximum absolute atomic E-state index is 9.78. The quantitative estimate of drug-likeness (QED) is 0.672. The standard InChI is InChI=1S/C12H26O/c1-6-10(3)11(13)8-9-12(4,5)7-2/h10-11,13H,6-9H2,1-5H3. The van der Waals surface area contributed by atoms with Gasteiger partial charge in [-0.1, -0.05) is 47.5 Å². The Bertz CT molecular complexity index is 129. The molecule has 13 heavy (non-hydrogen) atoms. The second-order valence-electron chi connectivity index (χ2n) is 5.01. The molecule has 0 heterocycles. The minimum atomic E-state index is -0.101. The molecule has 2 atom stereocenters. The van der Waals surface area contributed by atoms with Crippen molar-refractivity contribution in [3.8, 4) is 0 Å². The summed E-state index contributed by atoms with van der Waals surface area (Å²) in [7, 11) is 0. The van der Waals surface area contributed by atoms with Crippen LogP contribution < -0.4 is 0 Å². The third kappa shape index (κ3) is 5.30. The van der Waals surface area contributed by atoms with Crippen molar-refractivity contribution in [3.63, 3.8) is 0 Å². The fourth-order valence-corrected chi connectivity index (χ4v) is 1.27. The average molecular weight is 186 g/mol. The lowest BCUT2D eigenvalue weighted by atomic mass is 9.82. The Kier molecular flexibility index (Phi) is 5.62. The molecule has 0 aromatic carbocycles. The summed E-state index contributed by atoms with van der Waals surface area (Å²) in [4.78, 5) is 0. The minimum Gasteiger partial charge on any atom is -0.393 e. The molecule has 0 radical (unpaired) electrons. The Morgan fingerprint density at radius 1 is 1.23 bits per heavy atom. The van der Waals surface area contributed by atoms with Crippen LogP contribution in [0.3, 0.4) is 0 Å². The third-order valence-corrected chi connectivity index (χ3v) is 3.37. The van der Waals surface area contributed by atoms with Crippen molar-refractivity contribution in [2.75, 3.05) is 0 Å². The fourth-order valence-electron chi connectivity index (χ4n) is 1.27. The Morgan fingerprint density at radius 3 is 2.15 bits per heavy atom. The van der Waals surface area contributed by atoms with Gasteiger partial charge in [-0.05, 0) is 24.2 Å². The first-order chi connectivity index (χ1) is 5.93. The molecule has 1 N–H and O–H groups in total. The zero-order valence-corrected chi connectivity index (χ0v) is 9.93. The molecule has 0 aromatic heterocycles. The van der Waals surface area contributed by atoms with Crippen LogP contribution in [0, 0.1) is 11.3 Å². The minimum absolute atomic E-state index is 0.101. The molecule has 0 aliphatic carbocycles. The van der Waals surface area contributed by atoms with Gasteiger partial charge in [-0.2, -0.15) is 0 Å². The summed E-state index contributed by atoms with van der Waals surface area (Å²) in [6.45, 7) is 11.0. The predicted octanol–water partition coefficient (Wildman–Crippen LogP) is 3.61. The van der Waals surface area contributed by atoms with Gasteiger partial charge in [0.05, 0.1) is 6.10 Å². The number of hydrogen-bond acceptors (Lipinski definition) is 1. The van der Waals surface area contributed by atoms with E-state index in [0.717, 1.165) is 19.3 Å². The highest BCUT2D eigenvalue weighted by Crippen LogP contribution is 2.28. The monoisotopic (exact) mass is 186 g/mol. The summed E-state index contributed by atoms with van der Waals surface area (Å²) in [6.07, 6.45) is 4.26. The second-order valence-corrected chi connectivity index (χ2v) is 5.01. The van der Waals surface area contributed by atoms with Crippen LogP contribution in [0.25, 0.3) is 0 Å². The normalized spacial score (nSPS) is 17.1. The Hall–Kier alpha value is -0.0400. The van der Waals surface area contributed by atoms with Gasteiger partial charge in [-0.15, -0.1) is 0 Å². The smallest absolute Gasteiger partial charge is 0.0565 e. The van der Waals surface area contributed by atoms with Crippen LogP contribution in [0.5, 0.6) is 0 Å². The fraction of sp³-hybridized carbons (Fsp3) is 1.00. The predicted molar refractivity (Wildman–Crippen MR) is 58.8 cm³/mol. The van der Waals surface area contributed by atoms with Gasteiger partial charge in [0.15, 0.2) is 0 Å². The van der Waals surface area contributed by atoms with Gasteiger partial charge in [-0.3, -0.25) is 0 Å². The molecule has 0 saturated carbocycles. The first kappa shape index (κ1) is 13.0. The Morgan fingerprint density at radius 2 is 1.77 bits per heavy atom. The molecule has 0 fully saturated rings. The molecule has 0 aliphatic rings. The van der Waals surface area contributed by atoms with Crippen molar-refractivity contribution in [2.45, 2.75) is 66.4 Å². The van der Waals surface area contributed by atoms with Crippen molar-refractivity contribution in [3.05, 3.63) is 0 Å². The van der Waals surface area contributed by atoms with Crippen LogP contribution in [0.2, 0.25) is 0 Å². The summed E-state index contributed by atoms with van der Waals surface area (Å²) < 4.78 is 0. The molecule has 1 heteroatoms. The molecule has 1 nitrogen and oxygen atoms in total. The van der Waals surface area contributed by atoms with Crippen LogP contribution in [0.1, 0.15) is 60.3 Å². The van der Waals surface area contributed by atoms with Crippen molar-refractivity contribution >= 4 is 0 Å². The van der Waals surface area contributed by atoms with E-state index in [1.807, 2.05) is 0 Å². The highest BCUT2D eigenvalue weighted by molar-refractivity contribution is 4.71. The van der Waals surface area contributed by atoms with E-state index in [2.05, 4.69) is 34.6 Å². The number of rotatable bonds is 6. The lowest BCUT2D eigenvalue weighted by Crippen LogP contribution is -2.20. The maximum Gasteiger partial charge on any atom is 0.0565 e. The molecule has 0 aliphatic heterocycles. The zero-order chi connectivity index (χ0) is 10.5. The number of aliphatic hydroxyl groups excluding tert-OH is 1. The summed E-state index contributed by atoms with van der Waals surface area (Å²) in [6, 6.07) is 0. The molecular weight excluding hydrogens is 160 g/mol. The average Bonchev–Trinajstić information content (AvgIpc) is 2.13. The molecule has 0 saturated heterocycles.